The molecule has 4 rings (SSSR count). The van der Waals surface area contributed by atoms with Crippen LogP contribution in [-0.2, 0) is 0 Å². The summed E-state index contributed by atoms with van der Waals surface area (Å²) in [6.07, 6.45) is 4.18. The number of allylic oxidation sites excluding steroid dienone is 1. The molecule has 4 aromatic rings. The van der Waals surface area contributed by atoms with Crippen LogP contribution in [0.1, 0.15) is 24.0 Å². The molecule has 0 bridgehead atoms. The average Bonchev–Trinajstić information content (AvgIpc) is 2.73. The predicted octanol–water partition coefficient (Wildman–Crippen LogP) is 5.67. The van der Waals surface area contributed by atoms with E-state index in [9.17, 15) is 0 Å². The van der Waals surface area contributed by atoms with E-state index in [0.717, 1.165) is 33.3 Å². The smallest absolute Gasteiger partial charge is 0.0966 e. The molecule has 3 nitrogen and oxygen atoms in total. The van der Waals surface area contributed by atoms with Gasteiger partial charge in [0.05, 0.1) is 22.1 Å². The van der Waals surface area contributed by atoms with Gasteiger partial charge in [-0.2, -0.15) is 0 Å². The van der Waals surface area contributed by atoms with Crippen molar-refractivity contribution in [1.29, 1.82) is 0 Å². The van der Waals surface area contributed by atoms with E-state index in [1.165, 1.54) is 5.56 Å². The fraction of sp³-hybridized carbons (Fsp3) is 0.125. The topological polar surface area (TPSA) is 38.1 Å². The van der Waals surface area contributed by atoms with Crippen molar-refractivity contribution in [2.24, 2.45) is 4.99 Å². The van der Waals surface area contributed by atoms with E-state index in [2.05, 4.69) is 54.4 Å². The molecule has 0 fully saturated rings. The fourth-order valence-corrected chi connectivity index (χ4v) is 3.30. The van der Waals surface area contributed by atoms with Gasteiger partial charge in [0.25, 0.3) is 0 Å². The highest BCUT2D eigenvalue weighted by Gasteiger charge is 2.10. The van der Waals surface area contributed by atoms with Crippen molar-refractivity contribution in [1.82, 2.24) is 9.97 Å². The van der Waals surface area contributed by atoms with Gasteiger partial charge in [-0.25, -0.2) is 9.97 Å². The molecule has 132 valence electrons. The number of fused-ring (bicyclic) bond motifs is 2. The summed E-state index contributed by atoms with van der Waals surface area (Å²) in [6.45, 7) is 2.18. The summed E-state index contributed by atoms with van der Waals surface area (Å²) in [4.78, 5) is 14.1. The third-order valence-corrected chi connectivity index (χ3v) is 4.84. The quantitative estimate of drug-likeness (QED) is 0.351. The molecule has 0 spiro atoms. The Bertz CT molecular complexity index is 1140. The second kappa shape index (κ2) is 7.50. The zero-order valence-corrected chi connectivity index (χ0v) is 15.5. The Morgan fingerprint density at radius 3 is 2.22 bits per heavy atom. The van der Waals surface area contributed by atoms with Gasteiger partial charge in [0, 0.05) is 24.2 Å². The molecular formula is C24H21N3. The summed E-state index contributed by atoms with van der Waals surface area (Å²) < 4.78 is 0. The van der Waals surface area contributed by atoms with Crippen molar-refractivity contribution >= 4 is 33.9 Å². The first-order chi connectivity index (χ1) is 13.3. The van der Waals surface area contributed by atoms with Crippen LogP contribution in [0.4, 0.5) is 0 Å². The summed E-state index contributed by atoms with van der Waals surface area (Å²) in [5.74, 6) is 0.231. The molecule has 0 saturated heterocycles. The van der Waals surface area contributed by atoms with E-state index in [-0.39, 0.29) is 5.92 Å². The molecule has 0 radical (unpaired) electrons. The van der Waals surface area contributed by atoms with Gasteiger partial charge >= 0.3 is 0 Å². The van der Waals surface area contributed by atoms with Crippen molar-refractivity contribution in [3.8, 4) is 0 Å². The van der Waals surface area contributed by atoms with Crippen LogP contribution < -0.4 is 0 Å². The Balaban J connectivity index is 1.72. The van der Waals surface area contributed by atoms with Crippen LogP contribution in [0.25, 0.3) is 28.1 Å². The molecule has 0 aliphatic rings. The molecule has 0 aliphatic carbocycles. The molecule has 0 aliphatic heterocycles. The van der Waals surface area contributed by atoms with Crippen molar-refractivity contribution in [2.45, 2.75) is 12.8 Å². The van der Waals surface area contributed by atoms with Crippen molar-refractivity contribution in [2.75, 3.05) is 7.05 Å². The summed E-state index contributed by atoms with van der Waals surface area (Å²) >= 11 is 0. The first kappa shape index (κ1) is 17.1. The Kier molecular flexibility index (Phi) is 4.75. The minimum absolute atomic E-state index is 0.231. The van der Waals surface area contributed by atoms with Gasteiger partial charge in [0.2, 0.25) is 0 Å². The highest BCUT2D eigenvalue weighted by molar-refractivity contribution is 6.04. The molecule has 1 unspecified atom stereocenters. The van der Waals surface area contributed by atoms with E-state index >= 15 is 0 Å². The maximum Gasteiger partial charge on any atom is 0.0966 e. The number of aromatic nitrogens is 2. The third-order valence-electron chi connectivity index (χ3n) is 4.84. The lowest BCUT2D eigenvalue weighted by Crippen LogP contribution is -2.06. The monoisotopic (exact) mass is 351 g/mol. The highest BCUT2D eigenvalue weighted by Crippen LogP contribution is 2.22. The second-order valence-corrected chi connectivity index (χ2v) is 6.54. The molecule has 0 saturated carbocycles. The number of benzene rings is 3. The molecule has 3 aromatic carbocycles. The largest absolute Gasteiger partial charge is 0.292 e. The number of para-hydroxylation sites is 3. The van der Waals surface area contributed by atoms with Crippen LogP contribution in [0.2, 0.25) is 0 Å². The normalized spacial score (nSPS) is 13.5. The summed E-state index contributed by atoms with van der Waals surface area (Å²) in [5.41, 5.74) is 6.98. The lowest BCUT2D eigenvalue weighted by Gasteiger charge is -2.12. The summed E-state index contributed by atoms with van der Waals surface area (Å²) in [7, 11) is 1.84. The van der Waals surface area contributed by atoms with E-state index in [1.54, 1.807) is 0 Å². The zero-order chi connectivity index (χ0) is 18.6. The number of rotatable bonds is 4. The van der Waals surface area contributed by atoms with Gasteiger partial charge in [-0.3, -0.25) is 4.99 Å². The van der Waals surface area contributed by atoms with Crippen LogP contribution in [0.5, 0.6) is 0 Å². The Labute approximate surface area is 159 Å². The molecule has 1 atom stereocenters. The van der Waals surface area contributed by atoms with Crippen molar-refractivity contribution in [3.05, 3.63) is 90.0 Å². The molecule has 1 aromatic heterocycles. The maximum atomic E-state index is 4.83. The molecular weight excluding hydrogens is 330 g/mol. The van der Waals surface area contributed by atoms with Crippen LogP contribution in [0, 0.1) is 0 Å². The molecule has 0 amide bonds. The van der Waals surface area contributed by atoms with E-state index in [0.29, 0.717) is 0 Å². The van der Waals surface area contributed by atoms with Crippen LogP contribution >= 0.6 is 0 Å². The second-order valence-electron chi connectivity index (χ2n) is 6.54. The lowest BCUT2D eigenvalue weighted by molar-refractivity contribution is 1.02. The fourth-order valence-electron chi connectivity index (χ4n) is 3.30. The van der Waals surface area contributed by atoms with E-state index in [4.69, 9.17) is 9.97 Å². The maximum absolute atomic E-state index is 4.83. The standard InChI is InChI=1S/C24H21N3/c1-17(18-9-4-3-5-10-18)20(25-2)16-15-19-11-8-14-23-24(19)27-22-13-7-6-12-21(22)26-23/h3-17H,1-2H3/b16-15+,25-20+. The molecule has 1 heterocycles. The van der Waals surface area contributed by atoms with E-state index in [1.807, 2.05) is 49.5 Å². The van der Waals surface area contributed by atoms with Gasteiger partial charge < -0.3 is 0 Å². The highest BCUT2D eigenvalue weighted by atomic mass is 14.8. The first-order valence-electron chi connectivity index (χ1n) is 9.11. The number of nitrogens with zero attached hydrogens (tertiary/aromatic N) is 3. The van der Waals surface area contributed by atoms with Gasteiger partial charge in [0.1, 0.15) is 0 Å². The van der Waals surface area contributed by atoms with Crippen LogP contribution in [-0.4, -0.2) is 22.7 Å². The zero-order valence-electron chi connectivity index (χ0n) is 15.5. The molecule has 3 heteroatoms. The number of aliphatic imine (C=N–C) groups is 1. The Hall–Kier alpha value is -3.33. The SMILES string of the molecule is C/N=C(\C=C\c1cccc2nc3ccccc3nc12)C(C)c1ccccc1. The first-order valence-corrected chi connectivity index (χ1v) is 9.11. The average molecular weight is 351 g/mol. The minimum atomic E-state index is 0.231. The summed E-state index contributed by atoms with van der Waals surface area (Å²) in [5, 5.41) is 0. The third kappa shape index (κ3) is 3.49. The number of hydrogen-bond acceptors (Lipinski definition) is 3. The minimum Gasteiger partial charge on any atom is -0.292 e. The van der Waals surface area contributed by atoms with Crippen LogP contribution in [0.15, 0.2) is 83.9 Å². The lowest BCUT2D eigenvalue weighted by atomic mass is 9.95. The Morgan fingerprint density at radius 2 is 1.48 bits per heavy atom. The van der Waals surface area contributed by atoms with Crippen molar-refractivity contribution < 1.29 is 0 Å². The number of hydrogen-bond donors (Lipinski definition) is 0. The molecule has 27 heavy (non-hydrogen) atoms. The molecule has 0 N–H and O–H groups in total. The van der Waals surface area contributed by atoms with Crippen LogP contribution in [0.3, 0.4) is 0 Å². The van der Waals surface area contributed by atoms with E-state index < -0.39 is 0 Å². The van der Waals surface area contributed by atoms with Gasteiger partial charge in [-0.1, -0.05) is 67.6 Å². The van der Waals surface area contributed by atoms with Crippen molar-refractivity contribution in [3.63, 3.8) is 0 Å². The predicted molar refractivity (Wildman–Crippen MR) is 114 cm³/mol. The van der Waals surface area contributed by atoms with Gasteiger partial charge in [-0.05, 0) is 29.8 Å². The van der Waals surface area contributed by atoms with Gasteiger partial charge in [-0.15, -0.1) is 0 Å². The Morgan fingerprint density at radius 1 is 0.815 bits per heavy atom. The van der Waals surface area contributed by atoms with Gasteiger partial charge in [0.15, 0.2) is 0 Å². The summed E-state index contributed by atoms with van der Waals surface area (Å²) in [6, 6.07) is 24.5.